The highest BCUT2D eigenvalue weighted by molar-refractivity contribution is 7.89. The van der Waals surface area contributed by atoms with Crippen molar-refractivity contribution in [3.63, 3.8) is 0 Å². The van der Waals surface area contributed by atoms with E-state index in [4.69, 9.17) is 4.74 Å². The Balaban J connectivity index is 1.56. The van der Waals surface area contributed by atoms with Crippen LogP contribution in [0.25, 0.3) is 0 Å². The molecule has 0 aliphatic carbocycles. The minimum atomic E-state index is -3.65. The Labute approximate surface area is 185 Å². The normalized spacial score (nSPS) is 16.8. The van der Waals surface area contributed by atoms with E-state index >= 15 is 0 Å². The standard InChI is InChI=1S/C21H23N3O7S/c1-15-4-2-3-13-23(15)32(29,30)19-11-5-16(6-12-19)21(26)31-14-20(25)22-17-7-9-18(10-8-17)24(27)28/h5-12,15H,2-4,13-14H2,1H3,(H,22,25). The number of benzene rings is 2. The smallest absolute Gasteiger partial charge is 0.338 e. The summed E-state index contributed by atoms with van der Waals surface area (Å²) < 4.78 is 32.1. The number of carbonyl (C=O) groups excluding carboxylic acids is 2. The van der Waals surface area contributed by atoms with Gasteiger partial charge in [-0.25, -0.2) is 13.2 Å². The van der Waals surface area contributed by atoms with E-state index in [1.807, 2.05) is 6.92 Å². The zero-order valence-electron chi connectivity index (χ0n) is 17.4. The molecular weight excluding hydrogens is 438 g/mol. The molecule has 0 bridgehead atoms. The zero-order valence-corrected chi connectivity index (χ0v) is 18.2. The maximum atomic E-state index is 12.8. The Morgan fingerprint density at radius 3 is 2.38 bits per heavy atom. The highest BCUT2D eigenvalue weighted by Gasteiger charge is 2.31. The van der Waals surface area contributed by atoms with Gasteiger partial charge in [-0.1, -0.05) is 6.42 Å². The predicted octanol–water partition coefficient (Wildman–Crippen LogP) is 2.95. The molecule has 10 nitrogen and oxygen atoms in total. The molecule has 1 fully saturated rings. The number of piperidine rings is 1. The van der Waals surface area contributed by atoms with Crippen molar-refractivity contribution in [1.29, 1.82) is 0 Å². The largest absolute Gasteiger partial charge is 0.452 e. The average molecular weight is 461 g/mol. The summed E-state index contributed by atoms with van der Waals surface area (Å²) in [5.74, 6) is -1.40. The summed E-state index contributed by atoms with van der Waals surface area (Å²) in [5.41, 5.74) is 0.312. The minimum absolute atomic E-state index is 0.0762. The number of carbonyl (C=O) groups is 2. The Kier molecular flexibility index (Phi) is 7.21. The number of rotatable bonds is 7. The highest BCUT2D eigenvalue weighted by Crippen LogP contribution is 2.25. The molecule has 1 atom stereocenters. The number of nitro groups is 1. The molecule has 3 rings (SSSR count). The third-order valence-electron chi connectivity index (χ3n) is 5.13. The molecule has 1 aliphatic heterocycles. The van der Waals surface area contributed by atoms with Gasteiger partial charge in [0.1, 0.15) is 0 Å². The molecule has 1 unspecified atom stereocenters. The number of nitrogens with one attached hydrogen (secondary N) is 1. The predicted molar refractivity (Wildman–Crippen MR) is 116 cm³/mol. The van der Waals surface area contributed by atoms with Crippen LogP contribution >= 0.6 is 0 Å². The van der Waals surface area contributed by atoms with Crippen LogP contribution < -0.4 is 5.32 Å². The number of esters is 1. The summed E-state index contributed by atoms with van der Waals surface area (Å²) in [7, 11) is -3.65. The Hall–Kier alpha value is -3.31. The molecule has 0 spiro atoms. The van der Waals surface area contributed by atoms with Crippen molar-refractivity contribution in [3.8, 4) is 0 Å². The number of sulfonamides is 1. The molecule has 2 aromatic rings. The van der Waals surface area contributed by atoms with Gasteiger partial charge in [0.05, 0.1) is 15.4 Å². The van der Waals surface area contributed by atoms with E-state index in [9.17, 15) is 28.1 Å². The molecule has 170 valence electrons. The van der Waals surface area contributed by atoms with Crippen LogP contribution in [0, 0.1) is 10.1 Å². The summed E-state index contributed by atoms with van der Waals surface area (Å²) in [5, 5.41) is 13.1. The van der Waals surface area contributed by atoms with Crippen molar-refractivity contribution < 1.29 is 27.7 Å². The fourth-order valence-electron chi connectivity index (χ4n) is 3.41. The van der Waals surface area contributed by atoms with Gasteiger partial charge in [0.15, 0.2) is 6.61 Å². The number of nitrogens with zero attached hydrogens (tertiary/aromatic N) is 2. The van der Waals surface area contributed by atoms with Gasteiger partial charge in [-0.2, -0.15) is 4.31 Å². The van der Waals surface area contributed by atoms with E-state index in [0.29, 0.717) is 12.2 Å². The van der Waals surface area contributed by atoms with Crippen LogP contribution in [0.5, 0.6) is 0 Å². The second kappa shape index (κ2) is 9.88. The lowest BCUT2D eigenvalue weighted by atomic mass is 10.1. The quantitative estimate of drug-likeness (QED) is 0.380. The fourth-order valence-corrected chi connectivity index (χ4v) is 5.10. The topological polar surface area (TPSA) is 136 Å². The Morgan fingerprint density at radius 1 is 1.12 bits per heavy atom. The lowest BCUT2D eigenvalue weighted by Crippen LogP contribution is -2.41. The first-order chi connectivity index (χ1) is 15.2. The first-order valence-electron chi connectivity index (χ1n) is 10.0. The Bertz CT molecular complexity index is 1100. The van der Waals surface area contributed by atoms with Crippen molar-refractivity contribution in [3.05, 3.63) is 64.2 Å². The van der Waals surface area contributed by atoms with Crippen molar-refractivity contribution in [2.45, 2.75) is 37.1 Å². The summed E-state index contributed by atoms with van der Waals surface area (Å²) >= 11 is 0. The number of non-ortho nitro benzene ring substituents is 1. The van der Waals surface area contributed by atoms with Crippen molar-refractivity contribution in [1.82, 2.24) is 4.31 Å². The molecule has 1 heterocycles. The van der Waals surface area contributed by atoms with Gasteiger partial charge in [-0.3, -0.25) is 14.9 Å². The molecule has 1 saturated heterocycles. The van der Waals surface area contributed by atoms with E-state index in [-0.39, 0.29) is 22.2 Å². The van der Waals surface area contributed by atoms with Crippen LogP contribution in [-0.2, 0) is 19.6 Å². The zero-order chi connectivity index (χ0) is 23.3. The van der Waals surface area contributed by atoms with Gasteiger partial charge >= 0.3 is 5.97 Å². The van der Waals surface area contributed by atoms with Gasteiger partial charge in [-0.15, -0.1) is 0 Å². The lowest BCUT2D eigenvalue weighted by molar-refractivity contribution is -0.384. The molecule has 2 aromatic carbocycles. The molecule has 1 N–H and O–H groups in total. The molecule has 32 heavy (non-hydrogen) atoms. The van der Waals surface area contributed by atoms with E-state index in [0.717, 1.165) is 19.3 Å². The molecule has 11 heteroatoms. The summed E-state index contributed by atoms with van der Waals surface area (Å²) in [4.78, 5) is 34.3. The number of anilines is 1. The molecule has 0 aromatic heterocycles. The van der Waals surface area contributed by atoms with Crippen LogP contribution in [-0.4, -0.2) is 48.7 Å². The average Bonchev–Trinajstić information content (AvgIpc) is 2.78. The second-order valence-electron chi connectivity index (χ2n) is 7.41. The van der Waals surface area contributed by atoms with Crippen LogP contribution in [0.3, 0.4) is 0 Å². The van der Waals surface area contributed by atoms with Gasteiger partial charge < -0.3 is 10.1 Å². The monoisotopic (exact) mass is 461 g/mol. The van der Waals surface area contributed by atoms with Crippen LogP contribution in [0.15, 0.2) is 53.4 Å². The molecular formula is C21H23N3O7S. The van der Waals surface area contributed by atoms with Gasteiger partial charge in [0, 0.05) is 30.4 Å². The number of hydrogen-bond acceptors (Lipinski definition) is 7. The van der Waals surface area contributed by atoms with Crippen LogP contribution in [0.1, 0.15) is 36.5 Å². The number of nitro benzene ring substituents is 1. The SMILES string of the molecule is CC1CCCCN1S(=O)(=O)c1ccc(C(=O)OCC(=O)Nc2ccc([N+](=O)[O-])cc2)cc1. The van der Waals surface area contributed by atoms with Gasteiger partial charge in [-0.05, 0) is 56.2 Å². The van der Waals surface area contributed by atoms with Crippen LogP contribution in [0.2, 0.25) is 0 Å². The maximum absolute atomic E-state index is 12.8. The number of amides is 1. The minimum Gasteiger partial charge on any atom is -0.452 e. The first-order valence-corrected chi connectivity index (χ1v) is 11.5. The van der Waals surface area contributed by atoms with Crippen molar-refractivity contribution in [2.24, 2.45) is 0 Å². The summed E-state index contributed by atoms with van der Waals surface area (Å²) in [6.07, 6.45) is 2.62. The molecule has 1 aliphatic rings. The maximum Gasteiger partial charge on any atom is 0.338 e. The lowest BCUT2D eigenvalue weighted by Gasteiger charge is -2.32. The van der Waals surface area contributed by atoms with Crippen molar-refractivity contribution >= 4 is 33.3 Å². The second-order valence-corrected chi connectivity index (χ2v) is 9.30. The molecule has 0 radical (unpaired) electrons. The Morgan fingerprint density at radius 2 is 1.78 bits per heavy atom. The summed E-state index contributed by atoms with van der Waals surface area (Å²) in [6.45, 7) is 1.78. The van der Waals surface area contributed by atoms with Crippen molar-refractivity contribution in [2.75, 3.05) is 18.5 Å². The number of hydrogen-bond donors (Lipinski definition) is 1. The summed E-state index contributed by atoms with van der Waals surface area (Å²) in [6, 6.07) is 10.5. The third-order valence-corrected chi connectivity index (χ3v) is 7.16. The number of ether oxygens (including phenoxy) is 1. The first kappa shape index (κ1) is 23.4. The molecule has 1 amide bonds. The highest BCUT2D eigenvalue weighted by atomic mass is 32.2. The fraction of sp³-hybridized carbons (Fsp3) is 0.333. The van der Waals surface area contributed by atoms with E-state index in [1.54, 1.807) is 0 Å². The van der Waals surface area contributed by atoms with E-state index < -0.39 is 33.4 Å². The van der Waals surface area contributed by atoms with Gasteiger partial charge in [0.25, 0.3) is 11.6 Å². The van der Waals surface area contributed by atoms with E-state index in [2.05, 4.69) is 5.32 Å². The molecule has 0 saturated carbocycles. The van der Waals surface area contributed by atoms with Crippen LogP contribution in [0.4, 0.5) is 11.4 Å². The van der Waals surface area contributed by atoms with E-state index in [1.165, 1.54) is 52.8 Å². The van der Waals surface area contributed by atoms with Gasteiger partial charge in [0.2, 0.25) is 10.0 Å². The third kappa shape index (κ3) is 5.48.